The third-order valence-corrected chi connectivity index (χ3v) is 6.25. The minimum absolute atomic E-state index is 0.112. The van der Waals surface area contributed by atoms with Gasteiger partial charge in [-0.2, -0.15) is 0 Å². The number of ketones is 2. The van der Waals surface area contributed by atoms with Crippen LogP contribution < -0.4 is 10.6 Å². The Kier molecular flexibility index (Phi) is 4.93. The number of hydrogen-bond donors (Lipinski definition) is 2. The van der Waals surface area contributed by atoms with Crippen LogP contribution in [-0.4, -0.2) is 40.5 Å². The van der Waals surface area contributed by atoms with E-state index in [-0.39, 0.29) is 28.8 Å². The quantitative estimate of drug-likeness (QED) is 0.488. The average Bonchev–Trinajstić information content (AvgIpc) is 3.18. The highest BCUT2D eigenvalue weighted by atomic mass is 32.2. The Morgan fingerprint density at radius 2 is 1.71 bits per heavy atom. The summed E-state index contributed by atoms with van der Waals surface area (Å²) in [6.45, 7) is 0. The molecule has 3 aromatic rings. The Morgan fingerprint density at radius 3 is 2.43 bits per heavy atom. The highest BCUT2D eigenvalue weighted by Crippen LogP contribution is 2.32. The number of rotatable bonds is 5. The predicted molar refractivity (Wildman–Crippen MR) is 109 cm³/mol. The van der Waals surface area contributed by atoms with Crippen molar-refractivity contribution in [2.45, 2.75) is 4.34 Å². The van der Waals surface area contributed by atoms with Crippen molar-refractivity contribution in [3.05, 3.63) is 64.7 Å². The number of hydrogen-bond acceptors (Lipinski definition) is 8. The van der Waals surface area contributed by atoms with Crippen LogP contribution in [-0.2, 0) is 4.79 Å². The van der Waals surface area contributed by atoms with Gasteiger partial charge in [0.15, 0.2) is 15.9 Å². The maximum Gasteiger partial charge on any atom is 0.234 e. The van der Waals surface area contributed by atoms with Gasteiger partial charge in [-0.3, -0.25) is 14.4 Å². The average molecular weight is 410 g/mol. The number of anilines is 2. The molecule has 1 aliphatic rings. The first kappa shape index (κ1) is 18.3. The number of benzene rings is 2. The SMILES string of the molecule is CNc1nnc(SCC(=O)Nc2cccc3c2C(=O)c2ccccc2C3=O)s1. The molecule has 2 aromatic carbocycles. The molecule has 0 unspecified atom stereocenters. The molecule has 1 aromatic heterocycles. The highest BCUT2D eigenvalue weighted by molar-refractivity contribution is 8.01. The van der Waals surface area contributed by atoms with Crippen molar-refractivity contribution < 1.29 is 14.4 Å². The normalized spacial score (nSPS) is 12.3. The summed E-state index contributed by atoms with van der Waals surface area (Å²) in [6, 6.07) is 11.6. The second-order valence-electron chi connectivity index (χ2n) is 5.89. The van der Waals surface area contributed by atoms with Gasteiger partial charge in [0.25, 0.3) is 0 Å². The lowest BCUT2D eigenvalue weighted by Crippen LogP contribution is -2.24. The van der Waals surface area contributed by atoms with Crippen LogP contribution in [0.5, 0.6) is 0 Å². The molecular formula is C19H14N4O3S2. The van der Waals surface area contributed by atoms with E-state index in [1.165, 1.54) is 23.1 Å². The van der Waals surface area contributed by atoms with Gasteiger partial charge in [-0.1, -0.05) is 59.5 Å². The Hall–Kier alpha value is -3.04. The molecule has 0 atom stereocenters. The number of nitrogens with zero attached hydrogens (tertiary/aromatic N) is 2. The minimum Gasteiger partial charge on any atom is -0.363 e. The van der Waals surface area contributed by atoms with Gasteiger partial charge in [0, 0.05) is 23.7 Å². The smallest absolute Gasteiger partial charge is 0.234 e. The van der Waals surface area contributed by atoms with Gasteiger partial charge in [0.1, 0.15) is 0 Å². The standard InChI is InChI=1S/C19H14N4O3S2/c1-20-18-22-23-19(28-18)27-9-14(24)21-13-8-4-7-12-15(13)17(26)11-6-3-2-5-10(11)16(12)25/h2-8H,9H2,1H3,(H,20,22)(H,21,24). The summed E-state index contributed by atoms with van der Waals surface area (Å²) >= 11 is 2.60. The molecule has 0 saturated carbocycles. The van der Waals surface area contributed by atoms with E-state index < -0.39 is 0 Å². The van der Waals surface area contributed by atoms with Crippen LogP contribution in [0.4, 0.5) is 10.8 Å². The molecule has 9 heteroatoms. The molecule has 7 nitrogen and oxygen atoms in total. The number of amides is 1. The Balaban J connectivity index is 1.56. The van der Waals surface area contributed by atoms with Crippen molar-refractivity contribution >= 4 is 51.4 Å². The van der Waals surface area contributed by atoms with Gasteiger partial charge in [0.05, 0.1) is 17.0 Å². The number of fused-ring (bicyclic) bond motifs is 2. The molecule has 0 spiro atoms. The zero-order valence-electron chi connectivity index (χ0n) is 14.7. The second-order valence-corrected chi connectivity index (χ2v) is 8.09. The first-order chi connectivity index (χ1) is 13.6. The summed E-state index contributed by atoms with van der Waals surface area (Å²) in [5, 5.41) is 14.2. The Morgan fingerprint density at radius 1 is 1.00 bits per heavy atom. The molecule has 0 saturated heterocycles. The van der Waals surface area contributed by atoms with E-state index in [9.17, 15) is 14.4 Å². The van der Waals surface area contributed by atoms with Crippen molar-refractivity contribution in [3.63, 3.8) is 0 Å². The Labute approximate surface area is 168 Å². The van der Waals surface area contributed by atoms with E-state index in [1.54, 1.807) is 49.5 Å². The molecule has 0 radical (unpaired) electrons. The summed E-state index contributed by atoms with van der Waals surface area (Å²) in [5.74, 6) is -0.667. The summed E-state index contributed by atoms with van der Waals surface area (Å²) in [5.41, 5.74) is 1.61. The minimum atomic E-state index is -0.293. The van der Waals surface area contributed by atoms with Gasteiger partial charge < -0.3 is 10.6 Å². The van der Waals surface area contributed by atoms with E-state index >= 15 is 0 Å². The molecule has 28 heavy (non-hydrogen) atoms. The number of carbonyl (C=O) groups is 3. The van der Waals surface area contributed by atoms with Crippen LogP contribution in [0.3, 0.4) is 0 Å². The lowest BCUT2D eigenvalue weighted by molar-refractivity contribution is -0.113. The maximum absolute atomic E-state index is 12.9. The van der Waals surface area contributed by atoms with Crippen LogP contribution in [0.2, 0.25) is 0 Å². The third kappa shape index (κ3) is 3.30. The third-order valence-electron chi connectivity index (χ3n) is 4.17. The second kappa shape index (κ2) is 7.53. The first-order valence-corrected chi connectivity index (χ1v) is 10.1. The fourth-order valence-electron chi connectivity index (χ4n) is 2.93. The van der Waals surface area contributed by atoms with Crippen molar-refractivity contribution in [1.29, 1.82) is 0 Å². The molecular weight excluding hydrogens is 396 g/mol. The van der Waals surface area contributed by atoms with Crippen LogP contribution in [0.15, 0.2) is 46.8 Å². The fourth-order valence-corrected chi connectivity index (χ4v) is 4.44. The van der Waals surface area contributed by atoms with Gasteiger partial charge in [-0.05, 0) is 6.07 Å². The zero-order valence-corrected chi connectivity index (χ0v) is 16.3. The zero-order chi connectivity index (χ0) is 19.7. The van der Waals surface area contributed by atoms with Crippen LogP contribution >= 0.6 is 23.1 Å². The van der Waals surface area contributed by atoms with Gasteiger partial charge in [0.2, 0.25) is 11.0 Å². The fraction of sp³-hybridized carbons (Fsp3) is 0.105. The summed E-state index contributed by atoms with van der Waals surface area (Å²) in [7, 11) is 1.75. The summed E-state index contributed by atoms with van der Waals surface area (Å²) in [6.07, 6.45) is 0. The van der Waals surface area contributed by atoms with E-state index in [2.05, 4.69) is 20.8 Å². The number of nitrogens with one attached hydrogen (secondary N) is 2. The lowest BCUT2D eigenvalue weighted by Gasteiger charge is -2.20. The largest absolute Gasteiger partial charge is 0.363 e. The highest BCUT2D eigenvalue weighted by Gasteiger charge is 2.31. The van der Waals surface area contributed by atoms with E-state index in [0.29, 0.717) is 31.8 Å². The van der Waals surface area contributed by atoms with E-state index in [4.69, 9.17) is 0 Å². The molecule has 0 bridgehead atoms. The van der Waals surface area contributed by atoms with Crippen LogP contribution in [0, 0.1) is 0 Å². The molecule has 2 N–H and O–H groups in total. The van der Waals surface area contributed by atoms with E-state index in [0.717, 1.165) is 0 Å². The molecule has 1 aliphatic carbocycles. The molecule has 0 aliphatic heterocycles. The molecule has 1 heterocycles. The van der Waals surface area contributed by atoms with Crippen LogP contribution in [0.1, 0.15) is 31.8 Å². The summed E-state index contributed by atoms with van der Waals surface area (Å²) in [4.78, 5) is 38.1. The van der Waals surface area contributed by atoms with Crippen molar-refractivity contribution in [1.82, 2.24) is 10.2 Å². The first-order valence-electron chi connectivity index (χ1n) is 8.34. The predicted octanol–water partition coefficient (Wildman–Crippen LogP) is 3.09. The molecule has 1 amide bonds. The van der Waals surface area contributed by atoms with Gasteiger partial charge in [-0.15, -0.1) is 10.2 Å². The maximum atomic E-state index is 12.9. The lowest BCUT2D eigenvalue weighted by atomic mass is 9.83. The van der Waals surface area contributed by atoms with Crippen molar-refractivity contribution in [3.8, 4) is 0 Å². The summed E-state index contributed by atoms with van der Waals surface area (Å²) < 4.78 is 0.662. The monoisotopic (exact) mass is 410 g/mol. The van der Waals surface area contributed by atoms with Gasteiger partial charge in [-0.25, -0.2) is 0 Å². The van der Waals surface area contributed by atoms with E-state index in [1.807, 2.05) is 0 Å². The van der Waals surface area contributed by atoms with Gasteiger partial charge >= 0.3 is 0 Å². The van der Waals surface area contributed by atoms with Crippen molar-refractivity contribution in [2.75, 3.05) is 23.4 Å². The Bertz CT molecular complexity index is 1110. The molecule has 140 valence electrons. The number of thioether (sulfide) groups is 1. The van der Waals surface area contributed by atoms with Crippen LogP contribution in [0.25, 0.3) is 0 Å². The molecule has 4 rings (SSSR count). The molecule has 0 fully saturated rings. The number of aromatic nitrogens is 2. The topological polar surface area (TPSA) is 101 Å². The number of carbonyl (C=O) groups excluding carboxylic acids is 3. The van der Waals surface area contributed by atoms with Crippen molar-refractivity contribution in [2.24, 2.45) is 0 Å².